The summed E-state index contributed by atoms with van der Waals surface area (Å²) in [6.45, 7) is 1.69. The van der Waals surface area contributed by atoms with Gasteiger partial charge in [0.25, 0.3) is 5.91 Å². The summed E-state index contributed by atoms with van der Waals surface area (Å²) in [5.41, 5.74) is 1.61. The Labute approximate surface area is 156 Å². The van der Waals surface area contributed by atoms with Crippen molar-refractivity contribution < 1.29 is 23.4 Å². The molecule has 1 aliphatic rings. The van der Waals surface area contributed by atoms with Crippen LogP contribution in [0.4, 0.5) is 0 Å². The zero-order chi connectivity index (χ0) is 18.5. The number of hydrogen-bond donors (Lipinski definition) is 1. The van der Waals surface area contributed by atoms with Crippen LogP contribution < -0.4 is 19.5 Å². The van der Waals surface area contributed by atoms with Gasteiger partial charge in [-0.15, -0.1) is 0 Å². The molecule has 0 radical (unpaired) electrons. The Bertz CT molecular complexity index is 919. The van der Waals surface area contributed by atoms with E-state index in [1.54, 1.807) is 6.07 Å². The number of nitrogens with one attached hydrogen (secondary N) is 1. The van der Waals surface area contributed by atoms with Crippen molar-refractivity contribution in [2.45, 2.75) is 13.2 Å². The summed E-state index contributed by atoms with van der Waals surface area (Å²) in [5.74, 6) is 2.12. The Morgan fingerprint density at radius 1 is 1.00 bits per heavy atom. The first kappa shape index (κ1) is 17.0. The van der Waals surface area contributed by atoms with Gasteiger partial charge in [0, 0.05) is 12.1 Å². The number of amides is 1. The highest BCUT2D eigenvalue weighted by atomic mass is 16.6. The average molecular weight is 365 g/mol. The number of rotatable bonds is 6. The molecule has 6 heteroatoms. The van der Waals surface area contributed by atoms with Gasteiger partial charge in [0.15, 0.2) is 17.3 Å². The second-order valence-corrected chi connectivity index (χ2v) is 6.04. The van der Waals surface area contributed by atoms with E-state index in [1.807, 2.05) is 48.5 Å². The van der Waals surface area contributed by atoms with Crippen LogP contribution in [-0.2, 0) is 13.2 Å². The molecule has 0 unspecified atom stereocenters. The van der Waals surface area contributed by atoms with Gasteiger partial charge in [-0.25, -0.2) is 0 Å². The minimum absolute atomic E-state index is 0.253. The van der Waals surface area contributed by atoms with E-state index in [-0.39, 0.29) is 18.3 Å². The number of carbonyl (C=O) groups excluding carboxylic acids is 1. The van der Waals surface area contributed by atoms with Crippen molar-refractivity contribution in [1.29, 1.82) is 0 Å². The van der Waals surface area contributed by atoms with Crippen LogP contribution in [0.2, 0.25) is 0 Å². The predicted octanol–water partition coefficient (Wildman–Crippen LogP) is 3.56. The summed E-state index contributed by atoms with van der Waals surface area (Å²) in [6, 6.07) is 16.8. The molecule has 1 aromatic heterocycles. The van der Waals surface area contributed by atoms with E-state index in [1.165, 1.54) is 6.26 Å². The highest BCUT2D eigenvalue weighted by molar-refractivity contribution is 5.92. The topological polar surface area (TPSA) is 69.9 Å². The van der Waals surface area contributed by atoms with Gasteiger partial charge in [-0.3, -0.25) is 4.79 Å². The lowest BCUT2D eigenvalue weighted by atomic mass is 10.2. The summed E-state index contributed by atoms with van der Waals surface area (Å²) >= 11 is 0. The SMILES string of the molecule is O=C(NCc1ccc2c(c1)OCCO2)c1occc1COc1ccccc1. The van der Waals surface area contributed by atoms with E-state index >= 15 is 0 Å². The Hall–Kier alpha value is -3.41. The molecule has 1 amide bonds. The van der Waals surface area contributed by atoms with E-state index in [0.29, 0.717) is 31.1 Å². The van der Waals surface area contributed by atoms with Gasteiger partial charge < -0.3 is 23.9 Å². The van der Waals surface area contributed by atoms with Crippen LogP contribution in [-0.4, -0.2) is 19.1 Å². The van der Waals surface area contributed by atoms with E-state index in [2.05, 4.69) is 5.32 Å². The number of carbonyl (C=O) groups is 1. The largest absolute Gasteiger partial charge is 0.489 e. The van der Waals surface area contributed by atoms with Gasteiger partial charge >= 0.3 is 0 Å². The van der Waals surface area contributed by atoms with Crippen molar-refractivity contribution in [2.24, 2.45) is 0 Å². The maximum Gasteiger partial charge on any atom is 0.287 e. The molecule has 4 rings (SSSR count). The fourth-order valence-corrected chi connectivity index (χ4v) is 2.79. The highest BCUT2D eigenvalue weighted by Crippen LogP contribution is 2.30. The molecular formula is C21H19NO5. The van der Waals surface area contributed by atoms with Gasteiger partial charge in [-0.05, 0) is 35.9 Å². The molecular weight excluding hydrogens is 346 g/mol. The molecule has 0 saturated heterocycles. The monoisotopic (exact) mass is 365 g/mol. The highest BCUT2D eigenvalue weighted by Gasteiger charge is 2.17. The van der Waals surface area contributed by atoms with Crippen molar-refractivity contribution in [1.82, 2.24) is 5.32 Å². The van der Waals surface area contributed by atoms with Crippen molar-refractivity contribution in [3.63, 3.8) is 0 Å². The summed E-state index contributed by atoms with van der Waals surface area (Å²) in [5, 5.41) is 2.86. The van der Waals surface area contributed by atoms with Crippen LogP contribution in [0.1, 0.15) is 21.7 Å². The zero-order valence-electron chi connectivity index (χ0n) is 14.6. The molecule has 0 saturated carbocycles. The Morgan fingerprint density at radius 3 is 2.67 bits per heavy atom. The third-order valence-electron chi connectivity index (χ3n) is 4.15. The second-order valence-electron chi connectivity index (χ2n) is 6.04. The second kappa shape index (κ2) is 7.86. The lowest BCUT2D eigenvalue weighted by Crippen LogP contribution is -2.24. The summed E-state index contributed by atoms with van der Waals surface area (Å²) in [6.07, 6.45) is 1.49. The third-order valence-corrected chi connectivity index (χ3v) is 4.15. The number of furan rings is 1. The maximum atomic E-state index is 12.5. The van der Waals surface area contributed by atoms with E-state index in [4.69, 9.17) is 18.6 Å². The molecule has 2 aromatic carbocycles. The molecule has 0 spiro atoms. The van der Waals surface area contributed by atoms with Crippen molar-refractivity contribution in [2.75, 3.05) is 13.2 Å². The first-order valence-electron chi connectivity index (χ1n) is 8.70. The molecule has 0 fully saturated rings. The first-order chi connectivity index (χ1) is 13.3. The average Bonchev–Trinajstić information content (AvgIpc) is 3.20. The summed E-state index contributed by atoms with van der Waals surface area (Å²) < 4.78 is 22.1. The minimum atomic E-state index is -0.290. The van der Waals surface area contributed by atoms with Crippen LogP contribution in [0, 0.1) is 0 Å². The molecule has 138 valence electrons. The molecule has 1 aliphatic heterocycles. The minimum Gasteiger partial charge on any atom is -0.489 e. The number of para-hydroxylation sites is 1. The summed E-state index contributed by atoms with van der Waals surface area (Å²) in [7, 11) is 0. The molecule has 6 nitrogen and oxygen atoms in total. The number of hydrogen-bond acceptors (Lipinski definition) is 5. The van der Waals surface area contributed by atoms with Gasteiger partial charge in [0.1, 0.15) is 25.6 Å². The maximum absolute atomic E-state index is 12.5. The summed E-state index contributed by atoms with van der Waals surface area (Å²) in [4.78, 5) is 12.5. The van der Waals surface area contributed by atoms with E-state index in [9.17, 15) is 4.79 Å². The smallest absolute Gasteiger partial charge is 0.287 e. The number of ether oxygens (including phenoxy) is 3. The Balaban J connectivity index is 1.37. The fourth-order valence-electron chi connectivity index (χ4n) is 2.79. The van der Waals surface area contributed by atoms with Crippen LogP contribution in [0.15, 0.2) is 65.3 Å². The Morgan fingerprint density at radius 2 is 1.81 bits per heavy atom. The molecule has 1 N–H and O–H groups in total. The lowest BCUT2D eigenvalue weighted by Gasteiger charge is -2.18. The van der Waals surface area contributed by atoms with Crippen molar-refractivity contribution in [3.05, 3.63) is 77.7 Å². The van der Waals surface area contributed by atoms with Crippen LogP contribution in [0.5, 0.6) is 17.2 Å². The van der Waals surface area contributed by atoms with Crippen LogP contribution >= 0.6 is 0 Å². The van der Waals surface area contributed by atoms with Gasteiger partial charge in [0.05, 0.1) is 6.26 Å². The van der Waals surface area contributed by atoms with Gasteiger partial charge in [0.2, 0.25) is 0 Å². The third kappa shape index (κ3) is 4.06. The first-order valence-corrected chi connectivity index (χ1v) is 8.70. The van der Waals surface area contributed by atoms with E-state index < -0.39 is 0 Å². The van der Waals surface area contributed by atoms with Crippen LogP contribution in [0.25, 0.3) is 0 Å². The molecule has 0 bridgehead atoms. The molecule has 3 aromatic rings. The van der Waals surface area contributed by atoms with E-state index in [0.717, 1.165) is 17.1 Å². The molecule has 2 heterocycles. The number of fused-ring (bicyclic) bond motifs is 1. The van der Waals surface area contributed by atoms with Crippen molar-refractivity contribution >= 4 is 5.91 Å². The molecule has 0 atom stereocenters. The number of benzene rings is 2. The van der Waals surface area contributed by atoms with Crippen molar-refractivity contribution in [3.8, 4) is 17.2 Å². The Kier molecular flexibility index (Phi) is 4.96. The fraction of sp³-hybridized carbons (Fsp3) is 0.190. The van der Waals surface area contributed by atoms with Crippen LogP contribution in [0.3, 0.4) is 0 Å². The van der Waals surface area contributed by atoms with Gasteiger partial charge in [-0.1, -0.05) is 24.3 Å². The normalized spacial score (nSPS) is 12.4. The quantitative estimate of drug-likeness (QED) is 0.723. The van der Waals surface area contributed by atoms with Gasteiger partial charge in [-0.2, -0.15) is 0 Å². The predicted molar refractivity (Wildman–Crippen MR) is 98.1 cm³/mol. The standard InChI is InChI=1S/C21H19NO5/c23-21(22-13-15-6-7-18-19(12-15)25-11-10-24-18)20-16(8-9-26-20)14-27-17-4-2-1-3-5-17/h1-9,12H,10-11,13-14H2,(H,22,23). The zero-order valence-corrected chi connectivity index (χ0v) is 14.6. The molecule has 27 heavy (non-hydrogen) atoms. The lowest BCUT2D eigenvalue weighted by molar-refractivity contribution is 0.0919. The molecule has 0 aliphatic carbocycles.